The zero-order chi connectivity index (χ0) is 15.6. The van der Waals surface area contributed by atoms with Gasteiger partial charge in [-0.1, -0.05) is 18.2 Å². The smallest absolute Gasteiger partial charge is 0.327 e. The molecule has 1 aromatic carbocycles. The number of carbonyl (C=O) groups excluding carboxylic acids is 1. The monoisotopic (exact) mass is 310 g/mol. The molecule has 2 unspecified atom stereocenters. The summed E-state index contributed by atoms with van der Waals surface area (Å²) in [6, 6.07) is 5.78. The van der Waals surface area contributed by atoms with Gasteiger partial charge in [0.2, 0.25) is 0 Å². The number of para-hydroxylation sites is 1. The van der Waals surface area contributed by atoms with Gasteiger partial charge in [-0.3, -0.25) is 9.11 Å². The highest BCUT2D eigenvalue weighted by atomic mass is 32.2. The lowest BCUT2D eigenvalue weighted by Crippen LogP contribution is -2.49. The molecule has 21 heavy (non-hydrogen) atoms. The normalized spacial score (nSPS) is 19.7. The summed E-state index contributed by atoms with van der Waals surface area (Å²) in [6.07, 6.45) is 1.87. The predicted molar refractivity (Wildman–Crippen MR) is 81.0 cm³/mol. The maximum Gasteiger partial charge on any atom is 0.327 e. The van der Waals surface area contributed by atoms with Crippen molar-refractivity contribution in [3.63, 3.8) is 0 Å². The maximum atomic E-state index is 12.3. The highest BCUT2D eigenvalue weighted by molar-refractivity contribution is 7.84. The van der Waals surface area contributed by atoms with Crippen molar-refractivity contribution in [2.24, 2.45) is 0 Å². The van der Waals surface area contributed by atoms with Gasteiger partial charge in [0.05, 0.1) is 0 Å². The number of carbonyl (C=O) groups is 2. The van der Waals surface area contributed by atoms with Gasteiger partial charge >= 0.3 is 12.0 Å². The molecular formula is C14H18N2O4S. The molecule has 0 aromatic heterocycles. The molecule has 1 aliphatic heterocycles. The molecule has 0 aliphatic carbocycles. The third-order valence-electron chi connectivity index (χ3n) is 3.59. The van der Waals surface area contributed by atoms with Gasteiger partial charge in [0.25, 0.3) is 0 Å². The molecule has 0 radical (unpaired) electrons. The summed E-state index contributed by atoms with van der Waals surface area (Å²) in [6.45, 7) is 2.01. The quantitative estimate of drug-likeness (QED) is 0.868. The van der Waals surface area contributed by atoms with Gasteiger partial charge in [0.15, 0.2) is 0 Å². The van der Waals surface area contributed by atoms with Gasteiger partial charge in [-0.15, -0.1) is 0 Å². The van der Waals surface area contributed by atoms with Gasteiger partial charge in [0.1, 0.15) is 6.04 Å². The molecule has 3 atom stereocenters. The fourth-order valence-corrected chi connectivity index (χ4v) is 2.59. The number of benzene rings is 1. The molecule has 0 saturated carbocycles. The standard InChI is InChI=1S/C14H18N2O4S/c1-9(21(2)20)8-15-14(19)16-11-6-4-3-5-10(11)7-12(16)13(17)18/h3-6,9,12H,7-8H2,1-2H3,(H,15,19)(H,17,18)/t9?,12-,21?/m0/s1. The van der Waals surface area contributed by atoms with Gasteiger partial charge in [-0.2, -0.15) is 0 Å². The summed E-state index contributed by atoms with van der Waals surface area (Å²) < 4.78 is 11.3. The molecule has 2 rings (SSSR count). The van der Waals surface area contributed by atoms with E-state index in [1.807, 2.05) is 12.1 Å². The van der Waals surface area contributed by atoms with E-state index in [4.69, 9.17) is 0 Å². The number of hydrogen-bond donors (Lipinski definition) is 2. The van der Waals surface area contributed by atoms with Gasteiger partial charge in [-0.25, -0.2) is 9.59 Å². The minimum Gasteiger partial charge on any atom is -0.480 e. The van der Waals surface area contributed by atoms with E-state index in [-0.39, 0.29) is 11.8 Å². The summed E-state index contributed by atoms with van der Waals surface area (Å²) >= 11 is 0. The van der Waals surface area contributed by atoms with E-state index in [2.05, 4.69) is 5.32 Å². The minimum atomic E-state index is -1.04. The lowest BCUT2D eigenvalue weighted by atomic mass is 10.1. The number of carboxylic acids is 1. The van der Waals surface area contributed by atoms with Gasteiger partial charge in [0, 0.05) is 41.0 Å². The van der Waals surface area contributed by atoms with Crippen LogP contribution in [0.15, 0.2) is 24.3 Å². The van der Waals surface area contributed by atoms with Crippen molar-refractivity contribution in [3.8, 4) is 0 Å². The Labute approximate surface area is 125 Å². The molecule has 0 spiro atoms. The topological polar surface area (TPSA) is 86.7 Å². The van der Waals surface area contributed by atoms with Crippen molar-refractivity contribution in [2.45, 2.75) is 24.6 Å². The molecule has 1 heterocycles. The van der Waals surface area contributed by atoms with Crippen LogP contribution in [0, 0.1) is 0 Å². The molecule has 0 saturated heterocycles. The number of hydrogen-bond acceptors (Lipinski definition) is 3. The van der Waals surface area contributed by atoms with Gasteiger partial charge < -0.3 is 10.4 Å². The Balaban J connectivity index is 2.17. The molecule has 7 heteroatoms. The Morgan fingerprint density at radius 3 is 2.76 bits per heavy atom. The van der Waals surface area contributed by atoms with E-state index in [1.54, 1.807) is 25.3 Å². The van der Waals surface area contributed by atoms with Crippen LogP contribution in [-0.4, -0.2) is 45.4 Å². The van der Waals surface area contributed by atoms with Crippen LogP contribution < -0.4 is 10.2 Å². The molecule has 1 aliphatic rings. The van der Waals surface area contributed by atoms with Crippen LogP contribution in [0.25, 0.3) is 0 Å². The first-order valence-electron chi connectivity index (χ1n) is 6.61. The third kappa shape index (κ3) is 3.24. The fourth-order valence-electron chi connectivity index (χ4n) is 2.27. The molecule has 114 valence electrons. The summed E-state index contributed by atoms with van der Waals surface area (Å²) in [4.78, 5) is 24.9. The van der Waals surface area contributed by atoms with Crippen LogP contribution in [0.1, 0.15) is 12.5 Å². The highest BCUT2D eigenvalue weighted by Crippen LogP contribution is 2.32. The second-order valence-electron chi connectivity index (χ2n) is 5.05. The molecular weight excluding hydrogens is 292 g/mol. The fraction of sp³-hybridized carbons (Fsp3) is 0.429. The first-order chi connectivity index (χ1) is 9.91. The van der Waals surface area contributed by atoms with Crippen molar-refractivity contribution in [1.29, 1.82) is 0 Å². The maximum absolute atomic E-state index is 12.3. The van der Waals surface area contributed by atoms with Crippen molar-refractivity contribution >= 4 is 28.5 Å². The van der Waals surface area contributed by atoms with Crippen LogP contribution in [0.4, 0.5) is 10.5 Å². The van der Waals surface area contributed by atoms with Gasteiger partial charge in [-0.05, 0) is 18.6 Å². The largest absolute Gasteiger partial charge is 0.480 e. The number of urea groups is 1. The first-order valence-corrected chi connectivity index (χ1v) is 8.24. The second kappa shape index (κ2) is 6.26. The Morgan fingerprint density at radius 2 is 2.14 bits per heavy atom. The zero-order valence-corrected chi connectivity index (χ0v) is 12.7. The number of nitrogens with zero attached hydrogens (tertiary/aromatic N) is 1. The Kier molecular flexibility index (Phi) is 4.62. The average molecular weight is 310 g/mol. The Hall–Kier alpha value is -1.89. The van der Waals surface area contributed by atoms with Crippen LogP contribution in [-0.2, 0) is 22.0 Å². The number of aliphatic carboxylic acids is 1. The van der Waals surface area contributed by atoms with Crippen LogP contribution >= 0.6 is 0 Å². The second-order valence-corrected chi connectivity index (χ2v) is 6.85. The lowest BCUT2D eigenvalue weighted by Gasteiger charge is -2.23. The molecule has 0 bridgehead atoms. The number of carboxylic acid groups (broad SMARTS) is 1. The zero-order valence-electron chi connectivity index (χ0n) is 11.9. The molecule has 1 aromatic rings. The number of nitrogens with one attached hydrogen (secondary N) is 1. The number of anilines is 1. The Morgan fingerprint density at radius 1 is 1.48 bits per heavy atom. The summed E-state index contributed by atoms with van der Waals surface area (Å²) in [5, 5.41) is 11.8. The average Bonchev–Trinajstić information content (AvgIpc) is 2.83. The number of amides is 2. The summed E-state index contributed by atoms with van der Waals surface area (Å²) in [5.74, 6) is -1.03. The number of fused-ring (bicyclic) bond motifs is 1. The first kappa shape index (κ1) is 15.5. The molecule has 2 amide bonds. The predicted octanol–water partition coefficient (Wildman–Crippen LogP) is 0.979. The molecule has 6 nitrogen and oxygen atoms in total. The third-order valence-corrected chi connectivity index (χ3v) is 4.89. The van der Waals surface area contributed by atoms with Crippen LogP contribution in [0.5, 0.6) is 0 Å². The number of rotatable bonds is 4. The lowest BCUT2D eigenvalue weighted by molar-refractivity contribution is -0.138. The van der Waals surface area contributed by atoms with Crippen molar-refractivity contribution in [3.05, 3.63) is 29.8 Å². The summed E-state index contributed by atoms with van der Waals surface area (Å²) in [7, 11) is -1.04. The van der Waals surface area contributed by atoms with E-state index < -0.39 is 28.8 Å². The molecule has 2 N–H and O–H groups in total. The van der Waals surface area contributed by atoms with Crippen molar-refractivity contribution in [2.75, 3.05) is 17.7 Å². The van der Waals surface area contributed by atoms with Crippen LogP contribution in [0.2, 0.25) is 0 Å². The van der Waals surface area contributed by atoms with E-state index in [0.717, 1.165) is 5.56 Å². The Bertz CT molecular complexity index is 590. The van der Waals surface area contributed by atoms with E-state index >= 15 is 0 Å². The molecule has 0 fully saturated rings. The van der Waals surface area contributed by atoms with E-state index in [1.165, 1.54) is 4.90 Å². The summed E-state index contributed by atoms with van der Waals surface area (Å²) in [5.41, 5.74) is 1.46. The van der Waals surface area contributed by atoms with Crippen molar-refractivity contribution < 1.29 is 18.9 Å². The SMILES string of the molecule is CC(CNC(=O)N1c2ccccc2C[C@H]1C(=O)O)S(C)=O. The van der Waals surface area contributed by atoms with Crippen LogP contribution in [0.3, 0.4) is 0 Å². The highest BCUT2D eigenvalue weighted by Gasteiger charge is 2.38. The van der Waals surface area contributed by atoms with Crippen molar-refractivity contribution in [1.82, 2.24) is 5.32 Å². The van der Waals surface area contributed by atoms with E-state index in [0.29, 0.717) is 12.1 Å². The van der Waals surface area contributed by atoms with E-state index in [9.17, 15) is 18.9 Å². The minimum absolute atomic E-state index is 0.185.